The zero-order chi connectivity index (χ0) is 26.9. The molecular formula is C31H40N6O2. The number of amides is 1. The van der Waals surface area contributed by atoms with Crippen LogP contribution in [0.5, 0.6) is 0 Å². The molecule has 2 saturated carbocycles. The molecule has 0 unspecified atom stereocenters. The number of carbonyl (C=O) groups is 1. The summed E-state index contributed by atoms with van der Waals surface area (Å²) in [6.45, 7) is 4.24. The van der Waals surface area contributed by atoms with Crippen LogP contribution in [0.25, 0.3) is 22.5 Å². The van der Waals surface area contributed by atoms with Gasteiger partial charge in [0.25, 0.3) is 5.91 Å². The number of benzene rings is 1. The van der Waals surface area contributed by atoms with Gasteiger partial charge < -0.3 is 20.3 Å². The number of carbonyl (C=O) groups excluding carboxylic acids is 1. The fourth-order valence-corrected chi connectivity index (χ4v) is 5.91. The number of hydrogen-bond donors (Lipinski definition) is 2. The van der Waals surface area contributed by atoms with Crippen molar-refractivity contribution in [2.24, 2.45) is 5.92 Å². The number of aromatic nitrogens is 3. The smallest absolute Gasteiger partial charge is 0.251 e. The zero-order valence-corrected chi connectivity index (χ0v) is 23.4. The third-order valence-electron chi connectivity index (χ3n) is 8.57. The van der Waals surface area contributed by atoms with E-state index in [2.05, 4.69) is 52.4 Å². The van der Waals surface area contributed by atoms with Gasteiger partial charge >= 0.3 is 0 Å². The molecule has 0 atom stereocenters. The van der Waals surface area contributed by atoms with Crippen molar-refractivity contribution < 1.29 is 9.53 Å². The van der Waals surface area contributed by atoms with Crippen molar-refractivity contribution in [3.05, 3.63) is 53.5 Å². The van der Waals surface area contributed by atoms with Gasteiger partial charge in [-0.15, -0.1) is 0 Å². The van der Waals surface area contributed by atoms with Crippen LogP contribution in [0, 0.1) is 12.8 Å². The van der Waals surface area contributed by atoms with Crippen molar-refractivity contribution in [2.45, 2.75) is 64.0 Å². The molecule has 206 valence electrons. The second-order valence-electron chi connectivity index (χ2n) is 11.7. The second kappa shape index (κ2) is 11.1. The third-order valence-corrected chi connectivity index (χ3v) is 8.57. The second-order valence-corrected chi connectivity index (χ2v) is 11.7. The predicted octanol–water partition coefficient (Wildman–Crippen LogP) is 4.93. The largest absolute Gasteiger partial charge is 0.377 e. The highest BCUT2D eigenvalue weighted by Crippen LogP contribution is 2.31. The lowest BCUT2D eigenvalue weighted by Gasteiger charge is -2.32. The molecule has 1 amide bonds. The summed E-state index contributed by atoms with van der Waals surface area (Å²) in [7, 11) is 4.38. The van der Waals surface area contributed by atoms with E-state index in [4.69, 9.17) is 14.7 Å². The van der Waals surface area contributed by atoms with Crippen LogP contribution >= 0.6 is 0 Å². The summed E-state index contributed by atoms with van der Waals surface area (Å²) in [5, 5.41) is 6.79. The molecule has 3 heterocycles. The Kier molecular flexibility index (Phi) is 7.40. The van der Waals surface area contributed by atoms with E-state index in [1.807, 2.05) is 25.3 Å². The highest BCUT2D eigenvalue weighted by molar-refractivity contribution is 5.96. The Morgan fingerprint density at radius 3 is 2.67 bits per heavy atom. The normalized spacial score (nSPS) is 21.7. The van der Waals surface area contributed by atoms with Crippen molar-refractivity contribution in [1.29, 1.82) is 0 Å². The molecule has 2 aromatic heterocycles. The summed E-state index contributed by atoms with van der Waals surface area (Å²) >= 11 is 0. The van der Waals surface area contributed by atoms with Crippen LogP contribution in [0.4, 0.5) is 5.82 Å². The minimum atomic E-state index is 0.0173. The maximum atomic E-state index is 12.7. The third kappa shape index (κ3) is 5.72. The molecule has 2 N–H and O–H groups in total. The van der Waals surface area contributed by atoms with Crippen molar-refractivity contribution in [2.75, 3.05) is 39.2 Å². The van der Waals surface area contributed by atoms with E-state index in [1.54, 1.807) is 0 Å². The van der Waals surface area contributed by atoms with Crippen LogP contribution < -0.4 is 10.6 Å². The molecule has 0 bridgehead atoms. The van der Waals surface area contributed by atoms with E-state index in [9.17, 15) is 4.79 Å². The number of hydrogen-bond acceptors (Lipinski definition) is 6. The maximum Gasteiger partial charge on any atom is 0.251 e. The van der Waals surface area contributed by atoms with Crippen LogP contribution in [0.15, 0.2) is 36.7 Å². The molecule has 2 aliphatic carbocycles. The van der Waals surface area contributed by atoms with Gasteiger partial charge in [0.2, 0.25) is 0 Å². The van der Waals surface area contributed by atoms with Gasteiger partial charge in [0, 0.05) is 36.0 Å². The molecule has 0 spiro atoms. The monoisotopic (exact) mass is 528 g/mol. The molecule has 8 heteroatoms. The molecule has 0 radical (unpaired) electrons. The predicted molar refractivity (Wildman–Crippen MR) is 155 cm³/mol. The molecular weight excluding hydrogens is 488 g/mol. The van der Waals surface area contributed by atoms with E-state index in [1.165, 1.54) is 31.3 Å². The molecule has 2 fully saturated rings. The Labute approximate surface area is 230 Å². The van der Waals surface area contributed by atoms with Crippen LogP contribution in [0.1, 0.15) is 66.6 Å². The first kappa shape index (κ1) is 26.0. The standard InChI is InChI=1S/C31H40N6O2/c1-20-16-23(6-11-26(20)31(38)34-24-7-8-24)28-18-33-30-29(32-17-21-4-9-25(10-5-21)36(2)3)35-27(19-37(28)30)22-12-14-39-15-13-22/h6,11-12,16,18-19,21,24-25H,4-5,7-10,13-15,17H2,1-3H3,(H,32,35)(H,34,38). The van der Waals surface area contributed by atoms with Gasteiger partial charge in [0.05, 0.1) is 30.8 Å². The first-order valence-corrected chi connectivity index (χ1v) is 14.4. The van der Waals surface area contributed by atoms with Crippen LogP contribution in [0.3, 0.4) is 0 Å². The molecule has 1 aromatic carbocycles. The maximum absolute atomic E-state index is 12.7. The summed E-state index contributed by atoms with van der Waals surface area (Å²) in [5.74, 6) is 1.49. The van der Waals surface area contributed by atoms with Crippen molar-refractivity contribution >= 4 is 22.9 Å². The first-order valence-electron chi connectivity index (χ1n) is 14.4. The van der Waals surface area contributed by atoms with Gasteiger partial charge in [-0.25, -0.2) is 9.97 Å². The topological polar surface area (TPSA) is 83.8 Å². The van der Waals surface area contributed by atoms with Gasteiger partial charge in [-0.3, -0.25) is 9.20 Å². The van der Waals surface area contributed by atoms with Gasteiger partial charge in [-0.05, 0) is 95.2 Å². The fraction of sp³-hybridized carbons (Fsp3) is 0.516. The molecule has 39 heavy (non-hydrogen) atoms. The van der Waals surface area contributed by atoms with Crippen LogP contribution in [-0.2, 0) is 4.74 Å². The number of nitrogens with zero attached hydrogens (tertiary/aromatic N) is 4. The highest BCUT2D eigenvalue weighted by atomic mass is 16.5. The number of aryl methyl sites for hydroxylation is 1. The number of rotatable bonds is 8. The minimum Gasteiger partial charge on any atom is -0.377 e. The Morgan fingerprint density at radius 2 is 1.97 bits per heavy atom. The molecule has 3 aliphatic rings. The van der Waals surface area contributed by atoms with Gasteiger partial charge in [-0.1, -0.05) is 12.1 Å². The number of nitrogens with one attached hydrogen (secondary N) is 2. The summed E-state index contributed by atoms with van der Waals surface area (Å²) in [4.78, 5) is 24.9. The quantitative estimate of drug-likeness (QED) is 0.431. The average molecular weight is 529 g/mol. The molecule has 1 aliphatic heterocycles. The Hall–Kier alpha value is -3.23. The average Bonchev–Trinajstić information content (AvgIpc) is 3.66. The number of anilines is 1. The molecule has 8 nitrogen and oxygen atoms in total. The van der Waals surface area contributed by atoms with Crippen molar-refractivity contribution in [3.63, 3.8) is 0 Å². The summed E-state index contributed by atoms with van der Waals surface area (Å²) in [6, 6.07) is 7.10. The SMILES string of the molecule is Cc1cc(-c2cnc3c(NCC4CCC(N(C)C)CC4)nc(C4=CCOCC4)cn23)ccc1C(=O)NC1CC1. The Balaban J connectivity index is 1.30. The minimum absolute atomic E-state index is 0.0173. The Morgan fingerprint density at radius 1 is 1.15 bits per heavy atom. The summed E-state index contributed by atoms with van der Waals surface area (Å²) < 4.78 is 7.72. The van der Waals surface area contributed by atoms with Gasteiger partial charge in [-0.2, -0.15) is 0 Å². The lowest BCUT2D eigenvalue weighted by Crippen LogP contribution is -2.33. The molecule has 6 rings (SSSR count). The fourth-order valence-electron chi connectivity index (χ4n) is 5.91. The molecule has 0 saturated heterocycles. The summed E-state index contributed by atoms with van der Waals surface area (Å²) in [6.07, 6.45) is 14.1. The van der Waals surface area contributed by atoms with E-state index >= 15 is 0 Å². The van der Waals surface area contributed by atoms with Crippen molar-refractivity contribution in [3.8, 4) is 11.3 Å². The number of fused-ring (bicyclic) bond motifs is 1. The Bertz CT molecular complexity index is 1380. The highest BCUT2D eigenvalue weighted by Gasteiger charge is 2.25. The van der Waals surface area contributed by atoms with Gasteiger partial charge in [0.1, 0.15) is 0 Å². The molecule has 3 aromatic rings. The summed E-state index contributed by atoms with van der Waals surface area (Å²) in [5.41, 5.74) is 6.73. The van der Waals surface area contributed by atoms with E-state index in [-0.39, 0.29) is 5.91 Å². The van der Waals surface area contributed by atoms with E-state index < -0.39 is 0 Å². The number of ether oxygens (including phenoxy) is 1. The van der Waals surface area contributed by atoms with Crippen LogP contribution in [-0.4, -0.2) is 71.1 Å². The van der Waals surface area contributed by atoms with E-state index in [0.717, 1.165) is 65.4 Å². The lowest BCUT2D eigenvalue weighted by molar-refractivity contribution is 0.0950. The first-order chi connectivity index (χ1) is 19.0. The van der Waals surface area contributed by atoms with Crippen molar-refractivity contribution in [1.82, 2.24) is 24.6 Å². The van der Waals surface area contributed by atoms with Crippen LogP contribution in [0.2, 0.25) is 0 Å². The zero-order valence-electron chi connectivity index (χ0n) is 23.4. The lowest BCUT2D eigenvalue weighted by atomic mass is 9.85. The van der Waals surface area contributed by atoms with Gasteiger partial charge in [0.15, 0.2) is 11.5 Å². The number of imidazole rings is 1. The van der Waals surface area contributed by atoms with E-state index in [0.29, 0.717) is 31.2 Å².